The largest absolute Gasteiger partial charge is 0.497 e. The molecule has 7 heteroatoms. The normalized spacial score (nSPS) is 24.5. The highest BCUT2D eigenvalue weighted by atomic mass is 16.5. The Morgan fingerprint density at radius 2 is 1.82 bits per heavy atom. The average molecular weight is 390 g/mol. The highest BCUT2D eigenvalue weighted by Gasteiger charge is 2.44. The van der Waals surface area contributed by atoms with E-state index in [9.17, 15) is 9.59 Å². The van der Waals surface area contributed by atoms with Gasteiger partial charge >= 0.3 is 0 Å². The Morgan fingerprint density at radius 3 is 2.39 bits per heavy atom. The Labute approximate surface area is 166 Å². The first-order chi connectivity index (χ1) is 13.4. The third kappa shape index (κ3) is 4.41. The molecular formula is C21H30N2O5. The summed E-state index contributed by atoms with van der Waals surface area (Å²) in [7, 11) is 3.06. The molecule has 28 heavy (non-hydrogen) atoms. The van der Waals surface area contributed by atoms with Crippen LogP contribution in [0.5, 0.6) is 11.5 Å². The zero-order chi connectivity index (χ0) is 20.3. The van der Waals surface area contributed by atoms with E-state index in [0.717, 1.165) is 25.9 Å². The van der Waals surface area contributed by atoms with Gasteiger partial charge in [0.05, 0.1) is 20.3 Å². The Balaban J connectivity index is 1.65. The van der Waals surface area contributed by atoms with Gasteiger partial charge < -0.3 is 24.8 Å². The molecule has 0 bridgehead atoms. The third-order valence-corrected chi connectivity index (χ3v) is 5.67. The van der Waals surface area contributed by atoms with Crippen molar-refractivity contribution in [2.75, 3.05) is 20.8 Å². The van der Waals surface area contributed by atoms with Crippen LogP contribution in [0.1, 0.15) is 43.5 Å². The number of carbonyl (C=O) groups excluding carboxylic acids is 2. The molecule has 1 aliphatic heterocycles. The van der Waals surface area contributed by atoms with Crippen molar-refractivity contribution in [3.63, 3.8) is 0 Å². The van der Waals surface area contributed by atoms with Gasteiger partial charge in [-0.15, -0.1) is 0 Å². The smallest absolute Gasteiger partial charge is 0.252 e. The van der Waals surface area contributed by atoms with Crippen LogP contribution in [0.4, 0.5) is 0 Å². The molecular weight excluding hydrogens is 360 g/mol. The molecule has 2 N–H and O–H groups in total. The minimum absolute atomic E-state index is 0.0464. The summed E-state index contributed by atoms with van der Waals surface area (Å²) in [5, 5.41) is 5.98. The molecule has 1 heterocycles. The van der Waals surface area contributed by atoms with Crippen LogP contribution >= 0.6 is 0 Å². The molecule has 0 unspecified atom stereocenters. The van der Waals surface area contributed by atoms with Gasteiger partial charge in [-0.25, -0.2) is 0 Å². The fourth-order valence-corrected chi connectivity index (χ4v) is 3.93. The van der Waals surface area contributed by atoms with Crippen LogP contribution in [0.15, 0.2) is 18.2 Å². The van der Waals surface area contributed by atoms with Gasteiger partial charge in [-0.2, -0.15) is 0 Å². The molecule has 4 atom stereocenters. The van der Waals surface area contributed by atoms with E-state index in [2.05, 4.69) is 10.6 Å². The van der Waals surface area contributed by atoms with Crippen LogP contribution in [0.2, 0.25) is 0 Å². The fourth-order valence-electron chi connectivity index (χ4n) is 3.93. The van der Waals surface area contributed by atoms with E-state index in [1.54, 1.807) is 18.2 Å². The summed E-state index contributed by atoms with van der Waals surface area (Å²) in [4.78, 5) is 25.6. The molecule has 1 aromatic carbocycles. The predicted molar refractivity (Wildman–Crippen MR) is 105 cm³/mol. The molecule has 3 rings (SSSR count). The maximum atomic E-state index is 12.9. The van der Waals surface area contributed by atoms with Crippen molar-refractivity contribution in [3.05, 3.63) is 23.8 Å². The number of hydrogen-bond acceptors (Lipinski definition) is 5. The molecule has 0 spiro atoms. The van der Waals surface area contributed by atoms with Crippen LogP contribution in [-0.2, 0) is 9.53 Å². The second-order valence-corrected chi connectivity index (χ2v) is 7.86. The van der Waals surface area contributed by atoms with Crippen LogP contribution in [0, 0.1) is 11.8 Å². The average Bonchev–Trinajstić information content (AvgIpc) is 2.69. The van der Waals surface area contributed by atoms with E-state index in [1.165, 1.54) is 14.2 Å². The quantitative estimate of drug-likeness (QED) is 0.745. The molecule has 0 aromatic heterocycles. The minimum atomic E-state index is -0.617. The van der Waals surface area contributed by atoms with Crippen LogP contribution in [0.25, 0.3) is 0 Å². The van der Waals surface area contributed by atoms with Gasteiger partial charge in [0.1, 0.15) is 17.5 Å². The van der Waals surface area contributed by atoms with Crippen molar-refractivity contribution in [3.8, 4) is 11.5 Å². The molecule has 1 aliphatic carbocycles. The molecule has 1 saturated carbocycles. The summed E-state index contributed by atoms with van der Waals surface area (Å²) in [5.41, 5.74) is 0.388. The molecule has 7 nitrogen and oxygen atoms in total. The fraction of sp³-hybridized carbons (Fsp3) is 0.619. The summed E-state index contributed by atoms with van der Waals surface area (Å²) >= 11 is 0. The van der Waals surface area contributed by atoms with Crippen molar-refractivity contribution in [2.24, 2.45) is 11.8 Å². The number of nitrogens with one attached hydrogen (secondary N) is 2. The van der Waals surface area contributed by atoms with Crippen LogP contribution < -0.4 is 20.1 Å². The third-order valence-electron chi connectivity index (χ3n) is 5.67. The number of methoxy groups -OCH3 is 2. The Hall–Kier alpha value is -2.28. The number of amides is 2. The first kappa shape index (κ1) is 20.5. The van der Waals surface area contributed by atoms with Gasteiger partial charge in [-0.3, -0.25) is 9.59 Å². The number of benzene rings is 1. The van der Waals surface area contributed by atoms with Gasteiger partial charge in [0.25, 0.3) is 5.91 Å². The molecule has 2 amide bonds. The van der Waals surface area contributed by atoms with E-state index in [4.69, 9.17) is 14.2 Å². The highest BCUT2D eigenvalue weighted by Crippen LogP contribution is 2.37. The van der Waals surface area contributed by atoms with E-state index >= 15 is 0 Å². The molecule has 2 aliphatic rings. The topological polar surface area (TPSA) is 85.9 Å². The summed E-state index contributed by atoms with van der Waals surface area (Å²) in [6, 6.07) is 4.47. The van der Waals surface area contributed by atoms with Gasteiger partial charge in [-0.05, 0) is 37.3 Å². The van der Waals surface area contributed by atoms with Gasteiger partial charge in [0.15, 0.2) is 0 Å². The first-order valence-electron chi connectivity index (χ1n) is 9.88. The standard InChI is InChI=1S/C21H30N2O5/c1-12(2)19(21(25)22-17-11-18-16(17)6-5-7-28-18)23-20(24)13-8-14(26-3)10-15(9-13)27-4/h8-10,12,16-19H,5-7,11H2,1-4H3,(H,22,25)(H,23,24)/t16-,17+,18-,19-/m0/s1. The number of rotatable bonds is 7. The Bertz CT molecular complexity index is 698. The van der Waals surface area contributed by atoms with E-state index < -0.39 is 6.04 Å². The van der Waals surface area contributed by atoms with Crippen LogP contribution in [-0.4, -0.2) is 50.8 Å². The molecule has 2 fully saturated rings. The molecule has 1 saturated heterocycles. The molecule has 0 radical (unpaired) electrons. The van der Waals surface area contributed by atoms with E-state index in [1.807, 2.05) is 13.8 Å². The lowest BCUT2D eigenvalue weighted by Gasteiger charge is -2.47. The predicted octanol–water partition coefficient (Wildman–Crippen LogP) is 2.14. The number of carbonyl (C=O) groups is 2. The van der Waals surface area contributed by atoms with Crippen molar-refractivity contribution in [1.29, 1.82) is 0 Å². The summed E-state index contributed by atoms with van der Waals surface area (Å²) in [5.74, 6) is 0.908. The Kier molecular flexibility index (Phi) is 6.44. The lowest BCUT2D eigenvalue weighted by atomic mass is 9.72. The van der Waals surface area contributed by atoms with Crippen molar-refractivity contribution in [1.82, 2.24) is 10.6 Å². The van der Waals surface area contributed by atoms with Crippen molar-refractivity contribution in [2.45, 2.75) is 51.3 Å². The summed E-state index contributed by atoms with van der Waals surface area (Å²) in [6.45, 7) is 4.66. The zero-order valence-corrected chi connectivity index (χ0v) is 17.0. The lowest BCUT2D eigenvalue weighted by molar-refractivity contribution is -0.134. The van der Waals surface area contributed by atoms with E-state index in [-0.39, 0.29) is 29.9 Å². The Morgan fingerprint density at radius 1 is 1.14 bits per heavy atom. The highest BCUT2D eigenvalue weighted by molar-refractivity contribution is 5.98. The van der Waals surface area contributed by atoms with Gasteiger partial charge in [0, 0.05) is 30.2 Å². The van der Waals surface area contributed by atoms with Gasteiger partial charge in [-0.1, -0.05) is 13.8 Å². The number of fused-ring (bicyclic) bond motifs is 1. The maximum Gasteiger partial charge on any atom is 0.252 e. The van der Waals surface area contributed by atoms with E-state index in [0.29, 0.717) is 23.0 Å². The second kappa shape index (κ2) is 8.82. The van der Waals surface area contributed by atoms with Crippen molar-refractivity contribution >= 4 is 11.8 Å². The molecule has 1 aromatic rings. The summed E-state index contributed by atoms with van der Waals surface area (Å²) in [6.07, 6.45) is 3.24. The number of ether oxygens (including phenoxy) is 3. The second-order valence-electron chi connectivity index (χ2n) is 7.86. The first-order valence-corrected chi connectivity index (χ1v) is 9.88. The number of hydrogen-bond donors (Lipinski definition) is 2. The van der Waals surface area contributed by atoms with Crippen molar-refractivity contribution < 1.29 is 23.8 Å². The van der Waals surface area contributed by atoms with Gasteiger partial charge in [0.2, 0.25) is 5.91 Å². The van der Waals surface area contributed by atoms with Crippen LogP contribution in [0.3, 0.4) is 0 Å². The molecule has 154 valence electrons. The minimum Gasteiger partial charge on any atom is -0.497 e. The monoisotopic (exact) mass is 390 g/mol. The SMILES string of the molecule is COc1cc(OC)cc(C(=O)N[C@H](C(=O)N[C@@H]2C[C@@H]3OCCC[C@H]32)C(C)C)c1. The summed E-state index contributed by atoms with van der Waals surface area (Å²) < 4.78 is 16.2. The maximum absolute atomic E-state index is 12.9. The zero-order valence-electron chi connectivity index (χ0n) is 17.0. The lowest BCUT2D eigenvalue weighted by Crippen LogP contribution is -2.61.